The number of benzene rings is 1. The van der Waals surface area contributed by atoms with Gasteiger partial charge in [-0.25, -0.2) is 0 Å². The third-order valence-electron chi connectivity index (χ3n) is 1.62. The van der Waals surface area contributed by atoms with Gasteiger partial charge in [-0.1, -0.05) is 11.6 Å². The van der Waals surface area contributed by atoms with Gasteiger partial charge < -0.3 is 0 Å². The number of rotatable bonds is 0. The summed E-state index contributed by atoms with van der Waals surface area (Å²) < 4.78 is 0.881. The number of aromatic amines is 2. The van der Waals surface area contributed by atoms with Gasteiger partial charge in [-0.15, -0.1) is 0 Å². The van der Waals surface area contributed by atoms with E-state index in [0.29, 0.717) is 10.4 Å². The van der Waals surface area contributed by atoms with Crippen molar-refractivity contribution in [3.8, 4) is 0 Å². The van der Waals surface area contributed by atoms with Crippen LogP contribution in [0.5, 0.6) is 0 Å². The van der Waals surface area contributed by atoms with Gasteiger partial charge in [-0.3, -0.25) is 15.0 Å². The van der Waals surface area contributed by atoms with E-state index in [2.05, 4.69) is 32.8 Å². The lowest BCUT2D eigenvalue weighted by atomic mass is 10.2. The Kier molecular flexibility index (Phi) is 1.88. The SMILES string of the molecule is O=c1[nH][nH]c2cc(Cl)c(I)cc12. The van der Waals surface area contributed by atoms with Crippen LogP contribution in [0.4, 0.5) is 0 Å². The van der Waals surface area contributed by atoms with Crippen LogP contribution in [0.2, 0.25) is 5.02 Å². The molecule has 0 atom stereocenters. The van der Waals surface area contributed by atoms with E-state index in [1.165, 1.54) is 0 Å². The zero-order valence-corrected chi connectivity index (χ0v) is 8.73. The molecule has 1 aromatic carbocycles. The number of halogens is 2. The molecule has 0 amide bonds. The first-order chi connectivity index (χ1) is 5.68. The average Bonchev–Trinajstić information content (AvgIpc) is 2.35. The predicted molar refractivity (Wildman–Crippen MR) is 56.6 cm³/mol. The minimum atomic E-state index is -0.111. The number of hydrogen-bond acceptors (Lipinski definition) is 1. The summed E-state index contributed by atoms with van der Waals surface area (Å²) in [6.45, 7) is 0. The molecule has 0 aliphatic rings. The van der Waals surface area contributed by atoms with E-state index in [4.69, 9.17) is 11.6 Å². The van der Waals surface area contributed by atoms with E-state index in [9.17, 15) is 4.79 Å². The molecule has 0 radical (unpaired) electrons. The lowest BCUT2D eigenvalue weighted by molar-refractivity contribution is 1.08. The zero-order chi connectivity index (χ0) is 8.72. The van der Waals surface area contributed by atoms with Crippen molar-refractivity contribution in [1.82, 2.24) is 10.2 Å². The first-order valence-electron chi connectivity index (χ1n) is 3.24. The second-order valence-electron chi connectivity index (χ2n) is 2.39. The molecule has 2 N–H and O–H groups in total. The molecule has 2 aromatic rings. The van der Waals surface area contributed by atoms with Crippen molar-refractivity contribution in [1.29, 1.82) is 0 Å². The lowest BCUT2D eigenvalue weighted by Gasteiger charge is -1.93. The highest BCUT2D eigenvalue weighted by Crippen LogP contribution is 2.21. The Morgan fingerprint density at radius 2 is 2.08 bits per heavy atom. The molecule has 3 nitrogen and oxygen atoms in total. The van der Waals surface area contributed by atoms with E-state index in [0.717, 1.165) is 9.09 Å². The van der Waals surface area contributed by atoms with Crippen molar-refractivity contribution in [2.45, 2.75) is 0 Å². The number of H-pyrrole nitrogens is 2. The highest BCUT2D eigenvalue weighted by Gasteiger charge is 2.04. The molecule has 0 saturated heterocycles. The molecule has 0 aliphatic carbocycles. The highest BCUT2D eigenvalue weighted by molar-refractivity contribution is 14.1. The van der Waals surface area contributed by atoms with Gasteiger partial charge in [-0.05, 0) is 34.7 Å². The first-order valence-corrected chi connectivity index (χ1v) is 4.69. The summed E-state index contributed by atoms with van der Waals surface area (Å²) >= 11 is 7.94. The van der Waals surface area contributed by atoms with Gasteiger partial charge >= 0.3 is 0 Å². The molecule has 0 aliphatic heterocycles. The van der Waals surface area contributed by atoms with Crippen LogP contribution in [0, 0.1) is 3.57 Å². The summed E-state index contributed by atoms with van der Waals surface area (Å²) in [6.07, 6.45) is 0. The van der Waals surface area contributed by atoms with Crippen LogP contribution in [0.3, 0.4) is 0 Å². The molecule has 62 valence electrons. The Hall–Kier alpha value is -0.490. The Morgan fingerprint density at radius 1 is 1.33 bits per heavy atom. The molecular formula is C7H4ClIN2O. The lowest BCUT2D eigenvalue weighted by Crippen LogP contribution is -1.97. The van der Waals surface area contributed by atoms with Gasteiger partial charge in [0, 0.05) is 3.57 Å². The molecule has 0 saturated carbocycles. The number of hydrogen-bond donors (Lipinski definition) is 2. The molecule has 1 heterocycles. The van der Waals surface area contributed by atoms with Crippen molar-refractivity contribution in [3.05, 3.63) is 31.1 Å². The second kappa shape index (κ2) is 2.77. The van der Waals surface area contributed by atoms with Crippen molar-refractivity contribution in [2.24, 2.45) is 0 Å². The van der Waals surface area contributed by atoms with Crippen LogP contribution < -0.4 is 5.56 Å². The van der Waals surface area contributed by atoms with Crippen LogP contribution in [0.1, 0.15) is 0 Å². The van der Waals surface area contributed by atoms with Crippen molar-refractivity contribution < 1.29 is 0 Å². The fraction of sp³-hybridized carbons (Fsp3) is 0. The molecule has 0 spiro atoms. The van der Waals surface area contributed by atoms with Crippen LogP contribution in [-0.4, -0.2) is 10.2 Å². The summed E-state index contributed by atoms with van der Waals surface area (Å²) in [6, 6.07) is 3.49. The van der Waals surface area contributed by atoms with Crippen LogP contribution >= 0.6 is 34.2 Å². The van der Waals surface area contributed by atoms with Gasteiger partial charge in [0.25, 0.3) is 5.56 Å². The maximum atomic E-state index is 11.1. The van der Waals surface area contributed by atoms with E-state index in [1.807, 2.05) is 0 Å². The quantitative estimate of drug-likeness (QED) is 0.718. The summed E-state index contributed by atoms with van der Waals surface area (Å²) in [5.41, 5.74) is 0.630. The first kappa shape index (κ1) is 8.12. The maximum absolute atomic E-state index is 11.1. The Bertz CT molecular complexity index is 488. The second-order valence-corrected chi connectivity index (χ2v) is 3.96. The Labute approximate surface area is 86.2 Å². The monoisotopic (exact) mass is 294 g/mol. The van der Waals surface area contributed by atoms with Crippen LogP contribution in [0.25, 0.3) is 10.9 Å². The topological polar surface area (TPSA) is 48.6 Å². The van der Waals surface area contributed by atoms with Crippen molar-refractivity contribution >= 4 is 45.1 Å². The van der Waals surface area contributed by atoms with Gasteiger partial charge in [0.15, 0.2) is 0 Å². The van der Waals surface area contributed by atoms with E-state index in [1.54, 1.807) is 12.1 Å². The molecule has 2 rings (SSSR count). The largest absolute Gasteiger partial charge is 0.297 e. The van der Waals surface area contributed by atoms with E-state index in [-0.39, 0.29) is 5.56 Å². The minimum Gasteiger partial charge on any atom is -0.297 e. The van der Waals surface area contributed by atoms with Crippen LogP contribution in [0.15, 0.2) is 16.9 Å². The third kappa shape index (κ3) is 1.15. The van der Waals surface area contributed by atoms with Gasteiger partial charge in [0.1, 0.15) is 0 Å². The maximum Gasteiger partial charge on any atom is 0.271 e. The standard InChI is InChI=1S/C7H4ClIN2O/c8-4-2-6-3(1-5(4)9)7(12)11-10-6/h1-2H,(H2,10,11,12). The van der Waals surface area contributed by atoms with Gasteiger partial charge in [-0.2, -0.15) is 0 Å². The fourth-order valence-corrected chi connectivity index (χ4v) is 1.66. The third-order valence-corrected chi connectivity index (χ3v) is 3.14. The molecule has 0 fully saturated rings. The number of aromatic nitrogens is 2. The molecule has 0 bridgehead atoms. The van der Waals surface area contributed by atoms with Crippen LogP contribution in [-0.2, 0) is 0 Å². The Morgan fingerprint density at radius 3 is 2.83 bits per heavy atom. The molecule has 12 heavy (non-hydrogen) atoms. The number of fused-ring (bicyclic) bond motifs is 1. The normalized spacial score (nSPS) is 10.8. The molecule has 0 unspecified atom stereocenters. The Balaban J connectivity index is 2.97. The molecule has 5 heteroatoms. The summed E-state index contributed by atoms with van der Waals surface area (Å²) in [5.74, 6) is 0. The summed E-state index contributed by atoms with van der Waals surface area (Å²) in [7, 11) is 0. The smallest absolute Gasteiger partial charge is 0.271 e. The summed E-state index contributed by atoms with van der Waals surface area (Å²) in [5, 5.41) is 6.51. The number of nitrogens with one attached hydrogen (secondary N) is 2. The van der Waals surface area contributed by atoms with E-state index < -0.39 is 0 Å². The fourth-order valence-electron chi connectivity index (χ4n) is 1.03. The molecular weight excluding hydrogens is 290 g/mol. The highest BCUT2D eigenvalue weighted by atomic mass is 127. The van der Waals surface area contributed by atoms with E-state index >= 15 is 0 Å². The van der Waals surface area contributed by atoms with Crippen molar-refractivity contribution in [3.63, 3.8) is 0 Å². The van der Waals surface area contributed by atoms with Gasteiger partial charge in [0.2, 0.25) is 0 Å². The zero-order valence-electron chi connectivity index (χ0n) is 5.82. The summed E-state index contributed by atoms with van der Waals surface area (Å²) in [4.78, 5) is 11.1. The van der Waals surface area contributed by atoms with Crippen molar-refractivity contribution in [2.75, 3.05) is 0 Å². The van der Waals surface area contributed by atoms with Gasteiger partial charge in [0.05, 0.1) is 15.9 Å². The minimum absolute atomic E-state index is 0.111. The average molecular weight is 294 g/mol. The molecule has 1 aromatic heterocycles. The predicted octanol–water partition coefficient (Wildman–Crippen LogP) is 2.11.